The summed E-state index contributed by atoms with van der Waals surface area (Å²) < 4.78 is 94.3. The van der Waals surface area contributed by atoms with E-state index < -0.39 is 55.9 Å². The zero-order valence-electron chi connectivity index (χ0n) is 18.7. The largest absolute Gasteiger partial charge is 0.772 e. The molecule has 0 aliphatic carbocycles. The molecule has 0 fully saturated rings. The Balaban J connectivity index is 2.14. The van der Waals surface area contributed by atoms with E-state index in [0.29, 0.717) is 12.1 Å². The van der Waals surface area contributed by atoms with Crippen LogP contribution >= 0.6 is 0 Å². The highest BCUT2D eigenvalue weighted by molar-refractivity contribution is 7.87. The molecule has 0 aliphatic heterocycles. The topological polar surface area (TPSA) is 118 Å². The highest BCUT2D eigenvalue weighted by atomic mass is 32.2. The van der Waals surface area contributed by atoms with Gasteiger partial charge in [-0.1, -0.05) is 34.8 Å². The van der Waals surface area contributed by atoms with Crippen molar-refractivity contribution in [1.82, 2.24) is 9.78 Å². The van der Waals surface area contributed by atoms with Crippen molar-refractivity contribution >= 4 is 27.0 Å². The van der Waals surface area contributed by atoms with Crippen LogP contribution in [0.1, 0.15) is 45.2 Å². The lowest BCUT2D eigenvalue weighted by atomic mass is 9.97. The van der Waals surface area contributed by atoms with Crippen LogP contribution in [0.25, 0.3) is 0 Å². The number of rotatable bonds is 8. The molecule has 0 saturated heterocycles. The predicted octanol–water partition coefficient (Wildman–Crippen LogP) is 3.92. The number of halogens is 3. The zero-order chi connectivity index (χ0) is 26.1. The van der Waals surface area contributed by atoms with Gasteiger partial charge in [-0.15, -0.1) is 0 Å². The predicted molar refractivity (Wildman–Crippen MR) is 119 cm³/mol. The monoisotopic (exact) mass is 529 g/mol. The minimum atomic E-state index is -4.76. The number of alkyl halides is 3. The number of carbonyl (C=O) groups excluding carboxylic acids is 1. The summed E-state index contributed by atoms with van der Waals surface area (Å²) in [5.74, 6) is -2.21. The van der Waals surface area contributed by atoms with Gasteiger partial charge >= 0.3 is 16.3 Å². The molecule has 8 nitrogen and oxygen atoms in total. The number of aryl methyl sites for hydroxylation is 3. The van der Waals surface area contributed by atoms with Crippen molar-refractivity contribution in [2.24, 2.45) is 0 Å². The minimum Gasteiger partial charge on any atom is -0.772 e. The third kappa shape index (κ3) is 5.80. The van der Waals surface area contributed by atoms with E-state index >= 15 is 0 Å². The van der Waals surface area contributed by atoms with E-state index in [2.05, 4.69) is 5.10 Å². The van der Waals surface area contributed by atoms with E-state index in [0.717, 1.165) is 16.3 Å². The van der Waals surface area contributed by atoms with E-state index in [1.54, 1.807) is 26.0 Å². The standard InChI is InChI=1S/C22H21F3N2O6S2/c1-4-27-21(33-35(31,32)17-8-5-13(2)6-9-17)19(14(3)26-27)20(28)18-10-7-16(22(23,24)25)11-15(18)12-34(29)30/h5-11H,4,12H2,1-3H3,(H,29,30)/p-1. The van der Waals surface area contributed by atoms with Gasteiger partial charge in [0.25, 0.3) is 0 Å². The summed E-state index contributed by atoms with van der Waals surface area (Å²) in [6, 6.07) is 7.84. The van der Waals surface area contributed by atoms with E-state index in [4.69, 9.17) is 4.18 Å². The molecule has 0 bridgehead atoms. The maximum Gasteiger partial charge on any atom is 0.416 e. The van der Waals surface area contributed by atoms with Gasteiger partial charge in [-0.05, 0) is 50.6 Å². The molecule has 188 valence electrons. The summed E-state index contributed by atoms with van der Waals surface area (Å²) >= 11 is -2.80. The van der Waals surface area contributed by atoms with Crippen LogP contribution < -0.4 is 4.18 Å². The summed E-state index contributed by atoms with van der Waals surface area (Å²) in [7, 11) is -4.40. The maximum atomic E-state index is 13.4. The molecular weight excluding hydrogens is 509 g/mol. The van der Waals surface area contributed by atoms with Gasteiger partial charge in [0.05, 0.1) is 11.3 Å². The Kier molecular flexibility index (Phi) is 7.53. The summed E-state index contributed by atoms with van der Waals surface area (Å²) in [6.45, 7) is 4.90. The minimum absolute atomic E-state index is 0.0556. The van der Waals surface area contributed by atoms with Gasteiger partial charge in [-0.3, -0.25) is 9.00 Å². The Morgan fingerprint density at radius 3 is 2.31 bits per heavy atom. The number of carbonyl (C=O) groups is 1. The second-order valence-corrected chi connectivity index (χ2v) is 10.0. The molecule has 3 aromatic rings. The molecule has 35 heavy (non-hydrogen) atoms. The molecule has 0 N–H and O–H groups in total. The van der Waals surface area contributed by atoms with Crippen molar-refractivity contribution in [3.05, 3.63) is 76.0 Å². The molecule has 13 heteroatoms. The number of benzene rings is 2. The summed E-state index contributed by atoms with van der Waals surface area (Å²) in [5.41, 5.74) is -1.32. The van der Waals surface area contributed by atoms with Gasteiger partial charge in [0, 0.05) is 17.9 Å². The molecular formula is C22H20F3N2O6S2-. The van der Waals surface area contributed by atoms with E-state index in [1.807, 2.05) is 0 Å². The summed E-state index contributed by atoms with van der Waals surface area (Å²) in [6.07, 6.45) is -4.76. The van der Waals surface area contributed by atoms with E-state index in [1.165, 1.54) is 19.1 Å². The van der Waals surface area contributed by atoms with Crippen LogP contribution in [0.3, 0.4) is 0 Å². The number of hydrogen-bond donors (Lipinski definition) is 0. The first kappa shape index (κ1) is 26.6. The molecule has 1 aromatic heterocycles. The van der Waals surface area contributed by atoms with Crippen molar-refractivity contribution in [3.63, 3.8) is 0 Å². The molecule has 1 unspecified atom stereocenters. The SMILES string of the molecule is CCn1nc(C)c(C(=O)c2ccc(C(F)(F)F)cc2CS(=O)[O-])c1OS(=O)(=O)c1ccc(C)cc1. The van der Waals surface area contributed by atoms with Crippen molar-refractivity contribution in [1.29, 1.82) is 0 Å². The first-order valence-corrected chi connectivity index (χ1v) is 12.8. The third-order valence-corrected chi connectivity index (χ3v) is 6.83. The van der Waals surface area contributed by atoms with Gasteiger partial charge in [0.15, 0.2) is 0 Å². The van der Waals surface area contributed by atoms with Crippen LogP contribution in [-0.2, 0) is 39.7 Å². The Hall–Kier alpha value is -3.03. The van der Waals surface area contributed by atoms with Gasteiger partial charge < -0.3 is 8.74 Å². The lowest BCUT2D eigenvalue weighted by Gasteiger charge is -2.15. The van der Waals surface area contributed by atoms with Crippen molar-refractivity contribution in [2.75, 3.05) is 0 Å². The second kappa shape index (κ2) is 9.91. The number of ketones is 1. The van der Waals surface area contributed by atoms with Gasteiger partial charge in [-0.2, -0.15) is 26.7 Å². The molecule has 0 saturated carbocycles. The first-order valence-electron chi connectivity index (χ1n) is 10.1. The fourth-order valence-electron chi connectivity index (χ4n) is 3.35. The van der Waals surface area contributed by atoms with Crippen LogP contribution in [0.15, 0.2) is 47.4 Å². The smallest absolute Gasteiger partial charge is 0.416 e. The second-order valence-electron chi connectivity index (χ2n) is 7.58. The third-order valence-electron chi connectivity index (χ3n) is 5.06. The fourth-order valence-corrected chi connectivity index (χ4v) is 4.79. The van der Waals surface area contributed by atoms with Crippen molar-refractivity contribution in [2.45, 2.75) is 44.1 Å². The molecule has 0 aliphatic rings. The lowest BCUT2D eigenvalue weighted by molar-refractivity contribution is -0.137. The highest BCUT2D eigenvalue weighted by Crippen LogP contribution is 2.34. The summed E-state index contributed by atoms with van der Waals surface area (Å²) in [4.78, 5) is 13.3. The fraction of sp³-hybridized carbons (Fsp3) is 0.273. The van der Waals surface area contributed by atoms with Gasteiger partial charge in [-0.25, -0.2) is 4.68 Å². The van der Waals surface area contributed by atoms with Crippen LogP contribution in [-0.4, -0.2) is 32.7 Å². The Labute approximate surface area is 202 Å². The average molecular weight is 530 g/mol. The normalized spacial score (nSPS) is 13.0. The molecule has 1 heterocycles. The lowest BCUT2D eigenvalue weighted by Crippen LogP contribution is -2.16. The first-order chi connectivity index (χ1) is 16.2. The van der Waals surface area contributed by atoms with Crippen LogP contribution in [0.4, 0.5) is 13.2 Å². The number of aromatic nitrogens is 2. The molecule has 1 atom stereocenters. The van der Waals surface area contributed by atoms with E-state index in [-0.39, 0.29) is 28.3 Å². The molecule has 3 rings (SSSR count). The Morgan fingerprint density at radius 2 is 1.77 bits per heavy atom. The van der Waals surface area contributed by atoms with Crippen LogP contribution in [0.5, 0.6) is 5.88 Å². The molecule has 0 radical (unpaired) electrons. The van der Waals surface area contributed by atoms with E-state index in [9.17, 15) is 35.1 Å². The van der Waals surface area contributed by atoms with Crippen molar-refractivity contribution < 1.29 is 39.3 Å². The zero-order valence-corrected chi connectivity index (χ0v) is 20.4. The Bertz CT molecular complexity index is 1400. The maximum absolute atomic E-state index is 13.4. The van der Waals surface area contributed by atoms with Gasteiger partial charge in [0.1, 0.15) is 10.5 Å². The molecule has 2 aromatic carbocycles. The average Bonchev–Trinajstić information content (AvgIpc) is 3.06. The molecule has 0 spiro atoms. The van der Waals surface area contributed by atoms with Crippen LogP contribution in [0.2, 0.25) is 0 Å². The summed E-state index contributed by atoms with van der Waals surface area (Å²) in [5, 5.41) is 4.12. The number of nitrogens with zero attached hydrogens (tertiary/aromatic N) is 2. The Morgan fingerprint density at radius 1 is 1.14 bits per heavy atom. The quantitative estimate of drug-likeness (QED) is 0.247. The molecule has 0 amide bonds. The van der Waals surface area contributed by atoms with Gasteiger partial charge in [0.2, 0.25) is 11.7 Å². The van der Waals surface area contributed by atoms with Crippen molar-refractivity contribution in [3.8, 4) is 5.88 Å². The van der Waals surface area contributed by atoms with Crippen LogP contribution in [0, 0.1) is 13.8 Å². The highest BCUT2D eigenvalue weighted by Gasteiger charge is 2.33. The number of hydrogen-bond acceptors (Lipinski definition) is 7.